The van der Waals surface area contributed by atoms with Gasteiger partial charge in [0.05, 0.1) is 0 Å². The highest BCUT2D eigenvalue weighted by Gasteiger charge is 2.23. The zero-order chi connectivity index (χ0) is 12.3. The minimum Gasteiger partial charge on any atom is -0.373 e. The van der Waals surface area contributed by atoms with Crippen LogP contribution in [0.4, 0.5) is 5.82 Å². The predicted octanol–water partition coefficient (Wildman–Crippen LogP) is 1.70. The molecule has 1 aliphatic rings. The Morgan fingerprint density at radius 1 is 1.59 bits per heavy atom. The summed E-state index contributed by atoms with van der Waals surface area (Å²) in [6, 6.07) is 5.48. The first-order valence-corrected chi connectivity index (χ1v) is 6.81. The summed E-state index contributed by atoms with van der Waals surface area (Å²) in [7, 11) is 1.80. The van der Waals surface area contributed by atoms with E-state index in [4.69, 9.17) is 0 Å². The Morgan fingerprint density at radius 2 is 2.41 bits per heavy atom. The van der Waals surface area contributed by atoms with Gasteiger partial charge in [-0.05, 0) is 12.1 Å². The van der Waals surface area contributed by atoms with Crippen LogP contribution in [0.5, 0.6) is 0 Å². The van der Waals surface area contributed by atoms with Crippen molar-refractivity contribution in [2.75, 3.05) is 31.2 Å². The van der Waals surface area contributed by atoms with Crippen LogP contribution in [0.25, 0.3) is 0 Å². The first-order chi connectivity index (χ1) is 8.20. The number of pyridine rings is 1. The number of thioether (sulfide) groups is 1. The molecule has 5 heteroatoms. The molecule has 0 saturated carbocycles. The maximum absolute atomic E-state index is 12.2. The number of carbonyl (C=O) groups is 1. The topological polar surface area (TPSA) is 45.2 Å². The smallest absolute Gasteiger partial charge is 0.272 e. The Kier molecular flexibility index (Phi) is 3.89. The molecule has 2 rings (SSSR count). The van der Waals surface area contributed by atoms with E-state index in [1.807, 2.05) is 28.8 Å². The van der Waals surface area contributed by atoms with Crippen LogP contribution < -0.4 is 5.32 Å². The number of hydrogen-bond acceptors (Lipinski definition) is 4. The fourth-order valence-corrected chi connectivity index (χ4v) is 2.87. The number of carbonyl (C=O) groups excluding carboxylic acids is 1. The lowest BCUT2D eigenvalue weighted by Crippen LogP contribution is -2.41. The normalized spacial score (nSPS) is 20.1. The monoisotopic (exact) mass is 251 g/mol. The number of rotatable bonds is 2. The lowest BCUT2D eigenvalue weighted by atomic mass is 10.3. The molecule has 0 radical (unpaired) electrons. The molecule has 1 aliphatic heterocycles. The van der Waals surface area contributed by atoms with Gasteiger partial charge in [-0.3, -0.25) is 4.79 Å². The number of hydrogen-bond donors (Lipinski definition) is 1. The third kappa shape index (κ3) is 2.91. The second kappa shape index (κ2) is 5.40. The number of nitrogens with one attached hydrogen (secondary N) is 1. The van der Waals surface area contributed by atoms with Crippen molar-refractivity contribution < 1.29 is 4.79 Å². The Hall–Kier alpha value is -1.23. The first kappa shape index (κ1) is 12.2. The van der Waals surface area contributed by atoms with E-state index in [0.29, 0.717) is 10.9 Å². The van der Waals surface area contributed by atoms with Gasteiger partial charge in [-0.1, -0.05) is 13.0 Å². The van der Waals surface area contributed by atoms with E-state index in [2.05, 4.69) is 17.2 Å². The summed E-state index contributed by atoms with van der Waals surface area (Å²) in [5.41, 5.74) is 0.524. The van der Waals surface area contributed by atoms with Crippen molar-refractivity contribution in [1.29, 1.82) is 0 Å². The average molecular weight is 251 g/mol. The van der Waals surface area contributed by atoms with Gasteiger partial charge in [0.1, 0.15) is 11.5 Å². The largest absolute Gasteiger partial charge is 0.373 e. The van der Waals surface area contributed by atoms with Crippen LogP contribution in [0.3, 0.4) is 0 Å². The van der Waals surface area contributed by atoms with Crippen LogP contribution in [0.15, 0.2) is 18.2 Å². The molecule has 0 spiro atoms. The van der Waals surface area contributed by atoms with Crippen LogP contribution in [0.1, 0.15) is 17.4 Å². The van der Waals surface area contributed by atoms with Crippen LogP contribution in [0.2, 0.25) is 0 Å². The van der Waals surface area contributed by atoms with E-state index < -0.39 is 0 Å². The maximum Gasteiger partial charge on any atom is 0.272 e. The summed E-state index contributed by atoms with van der Waals surface area (Å²) in [5.74, 6) is 1.78. The van der Waals surface area contributed by atoms with Crippen molar-refractivity contribution in [3.8, 4) is 0 Å². The molecular formula is C12H17N3OS. The summed E-state index contributed by atoms with van der Waals surface area (Å²) >= 11 is 1.92. The second-order valence-electron chi connectivity index (χ2n) is 4.09. The van der Waals surface area contributed by atoms with Crippen molar-refractivity contribution >= 4 is 23.5 Å². The molecule has 1 aromatic rings. The van der Waals surface area contributed by atoms with E-state index in [1.54, 1.807) is 13.1 Å². The molecule has 1 atom stereocenters. The molecule has 1 aromatic heterocycles. The van der Waals surface area contributed by atoms with E-state index in [0.717, 1.165) is 24.7 Å². The minimum atomic E-state index is 0.0363. The fourth-order valence-electron chi connectivity index (χ4n) is 1.86. The van der Waals surface area contributed by atoms with Crippen LogP contribution in [0, 0.1) is 0 Å². The summed E-state index contributed by atoms with van der Waals surface area (Å²) in [6.07, 6.45) is 0. The molecule has 0 bridgehead atoms. The quantitative estimate of drug-likeness (QED) is 0.869. The minimum absolute atomic E-state index is 0.0363. The average Bonchev–Trinajstić information content (AvgIpc) is 2.38. The molecule has 4 nitrogen and oxygen atoms in total. The third-order valence-corrected chi connectivity index (χ3v) is 3.89. The molecule has 17 heavy (non-hydrogen) atoms. The van der Waals surface area contributed by atoms with E-state index in [9.17, 15) is 4.79 Å². The summed E-state index contributed by atoms with van der Waals surface area (Å²) in [4.78, 5) is 18.4. The highest BCUT2D eigenvalue weighted by molar-refractivity contribution is 7.99. The Balaban J connectivity index is 2.12. The highest BCUT2D eigenvalue weighted by atomic mass is 32.2. The highest BCUT2D eigenvalue weighted by Crippen LogP contribution is 2.19. The van der Waals surface area contributed by atoms with Crippen molar-refractivity contribution in [3.05, 3.63) is 23.9 Å². The molecule has 2 heterocycles. The second-order valence-corrected chi connectivity index (χ2v) is 5.64. The van der Waals surface area contributed by atoms with Gasteiger partial charge in [0, 0.05) is 31.1 Å². The lowest BCUT2D eigenvalue weighted by molar-refractivity contribution is 0.0757. The van der Waals surface area contributed by atoms with Gasteiger partial charge in [-0.2, -0.15) is 11.8 Å². The number of nitrogens with zero attached hydrogens (tertiary/aromatic N) is 2. The molecular weight excluding hydrogens is 234 g/mol. The zero-order valence-corrected chi connectivity index (χ0v) is 11.0. The van der Waals surface area contributed by atoms with Crippen molar-refractivity contribution in [3.63, 3.8) is 0 Å². The summed E-state index contributed by atoms with van der Waals surface area (Å²) in [6.45, 7) is 3.79. The number of amides is 1. The van der Waals surface area contributed by atoms with Crippen molar-refractivity contribution in [2.24, 2.45) is 0 Å². The van der Waals surface area contributed by atoms with E-state index in [-0.39, 0.29) is 5.91 Å². The molecule has 0 aromatic carbocycles. The molecule has 1 saturated heterocycles. The zero-order valence-electron chi connectivity index (χ0n) is 10.1. The van der Waals surface area contributed by atoms with Crippen molar-refractivity contribution in [1.82, 2.24) is 9.88 Å². The van der Waals surface area contributed by atoms with Gasteiger partial charge in [-0.15, -0.1) is 0 Å². The standard InChI is InChI=1S/C12H17N3OS/c1-9-8-15(6-7-17-9)12(16)10-4-3-5-11(13-2)14-10/h3-5,9H,6-8H2,1-2H3,(H,13,14). The molecule has 92 valence electrons. The van der Waals surface area contributed by atoms with Gasteiger partial charge in [0.2, 0.25) is 0 Å². The summed E-state index contributed by atoms with van der Waals surface area (Å²) < 4.78 is 0. The van der Waals surface area contributed by atoms with Crippen LogP contribution in [-0.4, -0.2) is 46.9 Å². The van der Waals surface area contributed by atoms with Gasteiger partial charge < -0.3 is 10.2 Å². The van der Waals surface area contributed by atoms with Gasteiger partial charge in [0.25, 0.3) is 5.91 Å². The van der Waals surface area contributed by atoms with E-state index in [1.165, 1.54) is 0 Å². The number of anilines is 1. The fraction of sp³-hybridized carbons (Fsp3) is 0.500. The van der Waals surface area contributed by atoms with Crippen LogP contribution in [-0.2, 0) is 0 Å². The summed E-state index contributed by atoms with van der Waals surface area (Å²) in [5, 5.41) is 3.46. The van der Waals surface area contributed by atoms with Gasteiger partial charge >= 0.3 is 0 Å². The molecule has 1 N–H and O–H groups in total. The Labute approximate surface area is 106 Å². The SMILES string of the molecule is CNc1cccc(C(=O)N2CCSC(C)C2)n1. The Bertz CT molecular complexity index is 410. The molecule has 1 fully saturated rings. The van der Waals surface area contributed by atoms with E-state index >= 15 is 0 Å². The molecule has 1 unspecified atom stereocenters. The third-order valence-electron chi connectivity index (χ3n) is 2.75. The first-order valence-electron chi connectivity index (χ1n) is 5.76. The van der Waals surface area contributed by atoms with Crippen molar-refractivity contribution in [2.45, 2.75) is 12.2 Å². The maximum atomic E-state index is 12.2. The van der Waals surface area contributed by atoms with Crippen LogP contribution >= 0.6 is 11.8 Å². The van der Waals surface area contributed by atoms with Gasteiger partial charge in [0.15, 0.2) is 0 Å². The van der Waals surface area contributed by atoms with Gasteiger partial charge in [-0.25, -0.2) is 4.98 Å². The Morgan fingerprint density at radius 3 is 3.12 bits per heavy atom. The molecule has 1 amide bonds. The number of aromatic nitrogens is 1. The predicted molar refractivity (Wildman–Crippen MR) is 71.6 cm³/mol. The lowest BCUT2D eigenvalue weighted by Gasteiger charge is -2.30. The molecule has 0 aliphatic carbocycles.